The number of rotatable bonds is 12. The molecule has 0 spiro atoms. The normalized spacial score (nSPS) is 9.45. The first-order valence-electron chi connectivity index (χ1n) is 10.9. The van der Waals surface area contributed by atoms with Gasteiger partial charge in [-0.05, 0) is 11.5 Å². The summed E-state index contributed by atoms with van der Waals surface area (Å²) in [7, 11) is 0. The standard InChI is InChI=1S/C18H24OS2.2C5H5.2Fe/c1-2-6-17(5-1)9-13-20-15-11-19-12-16-21-14-10-18-7-3-4-8-18;2*1-2-4-5-3-1;;/h1-8H,9-16H2;2*1-5H;;/q-2;2*-1;;. The summed E-state index contributed by atoms with van der Waals surface area (Å²) in [6, 6.07) is 37.2. The molecule has 0 saturated heterocycles. The zero-order valence-corrected chi connectivity index (χ0v) is 22.8. The van der Waals surface area contributed by atoms with Gasteiger partial charge in [0.05, 0.1) is 13.2 Å². The second-order valence-electron chi connectivity index (χ2n) is 6.85. The van der Waals surface area contributed by atoms with E-state index < -0.39 is 0 Å². The van der Waals surface area contributed by atoms with Crippen molar-refractivity contribution in [3.05, 3.63) is 120 Å². The molecule has 0 heterocycles. The van der Waals surface area contributed by atoms with Gasteiger partial charge in [-0.2, -0.15) is 95.3 Å². The van der Waals surface area contributed by atoms with Crippen molar-refractivity contribution in [1.82, 2.24) is 0 Å². The van der Waals surface area contributed by atoms with E-state index in [1.807, 2.05) is 84.2 Å². The third-order valence-electron chi connectivity index (χ3n) is 4.39. The van der Waals surface area contributed by atoms with Gasteiger partial charge in [-0.3, -0.25) is 0 Å². The van der Waals surface area contributed by atoms with Crippen molar-refractivity contribution in [1.29, 1.82) is 0 Å². The van der Waals surface area contributed by atoms with E-state index >= 15 is 0 Å². The first-order valence-corrected chi connectivity index (χ1v) is 13.2. The number of hydrogen-bond acceptors (Lipinski definition) is 3. The Bertz CT molecular complexity index is 676. The number of aryl methyl sites for hydroxylation is 2. The molecule has 0 amide bonds. The fourth-order valence-electron chi connectivity index (χ4n) is 2.72. The number of ether oxygens (including phenoxy) is 1. The van der Waals surface area contributed by atoms with Gasteiger partial charge in [-0.25, -0.2) is 48.5 Å². The fourth-order valence-corrected chi connectivity index (χ4v) is 4.36. The summed E-state index contributed by atoms with van der Waals surface area (Å²) in [5.74, 6) is 4.61. The average Bonchev–Trinajstić information content (AvgIpc) is 3.63. The predicted molar refractivity (Wildman–Crippen MR) is 141 cm³/mol. The Balaban J connectivity index is 0.000000701. The van der Waals surface area contributed by atoms with E-state index in [0.717, 1.165) is 24.7 Å². The Morgan fingerprint density at radius 2 is 0.879 bits per heavy atom. The van der Waals surface area contributed by atoms with Gasteiger partial charge >= 0.3 is 0 Å². The average molecular weight is 562 g/mol. The second kappa shape index (κ2) is 24.2. The van der Waals surface area contributed by atoms with Crippen molar-refractivity contribution >= 4 is 23.5 Å². The molecule has 0 unspecified atom stereocenters. The van der Waals surface area contributed by atoms with Crippen molar-refractivity contribution < 1.29 is 38.9 Å². The van der Waals surface area contributed by atoms with Crippen LogP contribution in [0.25, 0.3) is 0 Å². The minimum absolute atomic E-state index is 0. The van der Waals surface area contributed by atoms with Gasteiger partial charge in [0, 0.05) is 45.6 Å². The van der Waals surface area contributed by atoms with Gasteiger partial charge in [-0.1, -0.05) is 12.8 Å². The van der Waals surface area contributed by atoms with Crippen LogP contribution in [0.3, 0.4) is 0 Å². The zero-order valence-electron chi connectivity index (χ0n) is 19.0. The van der Waals surface area contributed by atoms with Crippen molar-refractivity contribution in [2.45, 2.75) is 12.8 Å². The maximum atomic E-state index is 5.67. The molecule has 0 aliphatic rings. The largest absolute Gasteiger partial charge is 0.380 e. The molecule has 33 heavy (non-hydrogen) atoms. The Morgan fingerprint density at radius 3 is 1.18 bits per heavy atom. The van der Waals surface area contributed by atoms with Gasteiger partial charge in [0.25, 0.3) is 0 Å². The van der Waals surface area contributed by atoms with Crippen LogP contribution in [-0.2, 0) is 51.7 Å². The van der Waals surface area contributed by atoms with Gasteiger partial charge in [-0.15, -0.1) is 0 Å². The van der Waals surface area contributed by atoms with Crippen LogP contribution >= 0.6 is 23.5 Å². The van der Waals surface area contributed by atoms with E-state index in [4.69, 9.17) is 4.74 Å². The quantitative estimate of drug-likeness (QED) is 0.103. The van der Waals surface area contributed by atoms with Crippen molar-refractivity contribution in [3.8, 4) is 0 Å². The Morgan fingerprint density at radius 1 is 0.515 bits per heavy atom. The summed E-state index contributed by atoms with van der Waals surface area (Å²) in [5.41, 5.74) is 2.90. The van der Waals surface area contributed by atoms with Gasteiger partial charge in [0.1, 0.15) is 0 Å². The molecule has 4 aromatic carbocycles. The topological polar surface area (TPSA) is 9.23 Å². The van der Waals surface area contributed by atoms with Crippen LogP contribution in [0.15, 0.2) is 109 Å². The summed E-state index contributed by atoms with van der Waals surface area (Å²) in [6.45, 7) is 1.77. The third kappa shape index (κ3) is 19.1. The van der Waals surface area contributed by atoms with Gasteiger partial charge in [0.2, 0.25) is 0 Å². The van der Waals surface area contributed by atoms with Gasteiger partial charge in [0.15, 0.2) is 0 Å². The monoisotopic (exact) mass is 562 g/mol. The zero-order chi connectivity index (χ0) is 21.7. The molecule has 0 radical (unpaired) electrons. The molecule has 0 bridgehead atoms. The molecule has 5 heteroatoms. The van der Waals surface area contributed by atoms with E-state index in [1.165, 1.54) is 35.5 Å². The van der Waals surface area contributed by atoms with Gasteiger partial charge < -0.3 is 4.74 Å². The molecule has 0 aromatic heterocycles. The molecule has 184 valence electrons. The molecule has 1 nitrogen and oxygen atoms in total. The first-order chi connectivity index (χ1) is 15.4. The molecule has 4 aromatic rings. The van der Waals surface area contributed by atoms with Crippen LogP contribution in [0.5, 0.6) is 0 Å². The molecule has 4 rings (SSSR count). The minimum atomic E-state index is 0. The predicted octanol–water partition coefficient (Wildman–Crippen LogP) is 7.20. The molecular formula is C28H34Fe2OS2-4. The maximum Gasteiger partial charge on any atom is 0.0557 e. The molecular weight excluding hydrogens is 528 g/mol. The number of hydrogen-bond donors (Lipinski definition) is 0. The molecule has 0 atom stereocenters. The fraction of sp³-hybridized carbons (Fsp3) is 0.286. The SMILES string of the molecule is [Fe].[Fe].c1cc[c-](CCSCCOCCSCC[c-]2cccc2)c1.c1cc[cH-]c1.c1cc[cH-]c1. The van der Waals surface area contributed by atoms with Crippen LogP contribution in [0, 0.1) is 0 Å². The van der Waals surface area contributed by atoms with E-state index in [9.17, 15) is 0 Å². The Labute approximate surface area is 230 Å². The van der Waals surface area contributed by atoms with Crippen LogP contribution in [-0.4, -0.2) is 36.2 Å². The van der Waals surface area contributed by atoms with Crippen LogP contribution in [0.2, 0.25) is 0 Å². The second-order valence-corrected chi connectivity index (χ2v) is 9.30. The molecule has 0 fully saturated rings. The van der Waals surface area contributed by atoms with Crippen molar-refractivity contribution in [3.63, 3.8) is 0 Å². The summed E-state index contributed by atoms with van der Waals surface area (Å²) in [5, 5.41) is 0. The Hall–Kier alpha value is -0.901. The molecule has 0 aliphatic heterocycles. The minimum Gasteiger partial charge on any atom is -0.380 e. The van der Waals surface area contributed by atoms with E-state index in [0.29, 0.717) is 0 Å². The van der Waals surface area contributed by atoms with E-state index in [2.05, 4.69) is 48.5 Å². The summed E-state index contributed by atoms with van der Waals surface area (Å²) < 4.78 is 5.67. The van der Waals surface area contributed by atoms with Crippen LogP contribution < -0.4 is 0 Å². The van der Waals surface area contributed by atoms with Crippen molar-refractivity contribution in [2.75, 3.05) is 36.2 Å². The summed E-state index contributed by atoms with van der Waals surface area (Å²) in [4.78, 5) is 0. The molecule has 0 saturated carbocycles. The first kappa shape index (κ1) is 32.1. The Kier molecular flexibility index (Phi) is 23.6. The summed E-state index contributed by atoms with van der Waals surface area (Å²) >= 11 is 3.97. The van der Waals surface area contributed by atoms with E-state index in [1.54, 1.807) is 0 Å². The molecule has 0 N–H and O–H groups in total. The van der Waals surface area contributed by atoms with Crippen LogP contribution in [0.4, 0.5) is 0 Å². The number of thioether (sulfide) groups is 2. The smallest absolute Gasteiger partial charge is 0.0557 e. The maximum absolute atomic E-state index is 5.67. The van der Waals surface area contributed by atoms with E-state index in [-0.39, 0.29) is 34.1 Å². The third-order valence-corrected chi connectivity index (χ3v) is 6.28. The summed E-state index contributed by atoms with van der Waals surface area (Å²) in [6.07, 6.45) is 2.35. The molecule has 0 aliphatic carbocycles. The van der Waals surface area contributed by atoms with Crippen LogP contribution in [0.1, 0.15) is 11.1 Å². The van der Waals surface area contributed by atoms with Crippen molar-refractivity contribution in [2.24, 2.45) is 0 Å².